The molecule has 1 aliphatic carbocycles. The highest BCUT2D eigenvalue weighted by Crippen LogP contribution is 2.26. The van der Waals surface area contributed by atoms with E-state index in [4.69, 9.17) is 5.11 Å². The first kappa shape index (κ1) is 13.6. The third kappa shape index (κ3) is 2.90. The average molecular weight is 302 g/mol. The van der Waals surface area contributed by atoms with Gasteiger partial charge in [-0.3, -0.25) is 5.32 Å². The van der Waals surface area contributed by atoms with Crippen molar-refractivity contribution in [3.8, 4) is 0 Å². The first-order valence-corrected chi connectivity index (χ1v) is 7.52. The molecule has 0 atom stereocenters. The molecule has 108 valence electrons. The molecule has 1 aliphatic rings. The van der Waals surface area contributed by atoms with E-state index in [1.165, 1.54) is 28.5 Å². The number of thiophene rings is 1. The Morgan fingerprint density at radius 2 is 1.90 bits per heavy atom. The summed E-state index contributed by atoms with van der Waals surface area (Å²) in [6.45, 7) is 0. The highest BCUT2D eigenvalue weighted by molar-refractivity contribution is 7.14. The second-order valence-electron chi connectivity index (χ2n) is 4.88. The van der Waals surface area contributed by atoms with E-state index in [1.807, 2.05) is 18.2 Å². The fourth-order valence-corrected chi connectivity index (χ4v) is 3.26. The van der Waals surface area contributed by atoms with Gasteiger partial charge in [-0.25, -0.2) is 9.59 Å². The maximum Gasteiger partial charge on any atom is 0.338 e. The molecule has 0 bridgehead atoms. The molecule has 1 aromatic heterocycles. The molecule has 0 radical (unpaired) electrons. The normalized spacial score (nSPS) is 12.8. The number of carbonyl (C=O) groups is 2. The summed E-state index contributed by atoms with van der Waals surface area (Å²) in [6, 6.07) is 6.92. The number of carboxylic acid groups (broad SMARTS) is 1. The van der Waals surface area contributed by atoms with Gasteiger partial charge in [-0.1, -0.05) is 6.07 Å². The molecule has 6 heteroatoms. The third-order valence-electron chi connectivity index (χ3n) is 3.48. The van der Waals surface area contributed by atoms with Crippen LogP contribution in [0.2, 0.25) is 0 Å². The van der Waals surface area contributed by atoms with Gasteiger partial charge >= 0.3 is 12.0 Å². The summed E-state index contributed by atoms with van der Waals surface area (Å²) in [7, 11) is 0. The zero-order chi connectivity index (χ0) is 14.8. The number of fused-ring (bicyclic) bond motifs is 1. The van der Waals surface area contributed by atoms with Crippen LogP contribution in [-0.2, 0) is 12.8 Å². The van der Waals surface area contributed by atoms with Crippen molar-refractivity contribution in [3.05, 3.63) is 46.3 Å². The lowest BCUT2D eigenvalue weighted by Gasteiger charge is -2.08. The quantitative estimate of drug-likeness (QED) is 0.811. The van der Waals surface area contributed by atoms with Crippen LogP contribution >= 0.6 is 11.3 Å². The minimum Gasteiger partial charge on any atom is -0.478 e. The molecule has 0 fully saturated rings. The number of nitrogens with one attached hydrogen (secondary N) is 2. The summed E-state index contributed by atoms with van der Waals surface area (Å²) >= 11 is 1.18. The lowest BCUT2D eigenvalue weighted by molar-refractivity contribution is 0.0698. The highest BCUT2D eigenvalue weighted by Gasteiger charge is 2.15. The summed E-state index contributed by atoms with van der Waals surface area (Å²) in [5.74, 6) is -1.05. The molecule has 0 saturated carbocycles. The summed E-state index contributed by atoms with van der Waals surface area (Å²) in [5.41, 5.74) is 3.44. The van der Waals surface area contributed by atoms with Crippen LogP contribution in [0, 0.1) is 0 Å². The monoisotopic (exact) mass is 302 g/mol. The van der Waals surface area contributed by atoms with Gasteiger partial charge < -0.3 is 10.4 Å². The second kappa shape index (κ2) is 5.57. The molecule has 2 amide bonds. The van der Waals surface area contributed by atoms with Crippen LogP contribution in [0.3, 0.4) is 0 Å². The lowest BCUT2D eigenvalue weighted by Crippen LogP contribution is -2.20. The van der Waals surface area contributed by atoms with Crippen molar-refractivity contribution in [3.63, 3.8) is 0 Å². The van der Waals surface area contributed by atoms with Crippen molar-refractivity contribution in [2.45, 2.75) is 19.3 Å². The standard InChI is InChI=1S/C15H14N2O3S/c18-14(19)12-6-7-21-13(12)17-15(20)16-11-5-4-9-2-1-3-10(9)8-11/h4-8H,1-3H2,(H,18,19)(H2,16,17,20). The van der Waals surface area contributed by atoms with Gasteiger partial charge in [0.05, 0.1) is 5.56 Å². The Labute approximate surface area is 125 Å². The lowest BCUT2D eigenvalue weighted by atomic mass is 10.1. The maximum absolute atomic E-state index is 11.9. The number of carboxylic acids is 1. The SMILES string of the molecule is O=C(Nc1ccc2c(c1)CCC2)Nc1sccc1C(=O)O. The topological polar surface area (TPSA) is 78.4 Å². The number of carbonyl (C=O) groups excluding carboxylic acids is 1. The smallest absolute Gasteiger partial charge is 0.338 e. The van der Waals surface area contributed by atoms with E-state index in [0.29, 0.717) is 5.00 Å². The van der Waals surface area contributed by atoms with Crippen LogP contribution in [0.25, 0.3) is 0 Å². The summed E-state index contributed by atoms with van der Waals surface area (Å²) in [5, 5.41) is 16.3. The Balaban J connectivity index is 1.69. The highest BCUT2D eigenvalue weighted by atomic mass is 32.1. The Kier molecular flexibility index (Phi) is 3.62. The molecule has 21 heavy (non-hydrogen) atoms. The van der Waals surface area contributed by atoms with Crippen molar-refractivity contribution >= 4 is 34.0 Å². The number of benzene rings is 1. The number of anilines is 2. The Morgan fingerprint density at radius 1 is 1.10 bits per heavy atom. The molecule has 0 spiro atoms. The van der Waals surface area contributed by atoms with Crippen molar-refractivity contribution in [1.82, 2.24) is 0 Å². The zero-order valence-electron chi connectivity index (χ0n) is 11.2. The number of hydrogen-bond acceptors (Lipinski definition) is 3. The van der Waals surface area contributed by atoms with Gasteiger partial charge in [-0.05, 0) is 54.0 Å². The number of hydrogen-bond donors (Lipinski definition) is 3. The fourth-order valence-electron chi connectivity index (χ4n) is 2.49. The third-order valence-corrected chi connectivity index (χ3v) is 4.31. The van der Waals surface area contributed by atoms with E-state index in [-0.39, 0.29) is 5.56 Å². The Bertz CT molecular complexity index is 709. The molecule has 0 aliphatic heterocycles. The van der Waals surface area contributed by atoms with Gasteiger partial charge in [0, 0.05) is 5.69 Å². The van der Waals surface area contributed by atoms with E-state index in [2.05, 4.69) is 10.6 Å². The number of aryl methyl sites for hydroxylation is 2. The number of urea groups is 1. The molecule has 3 rings (SSSR count). The van der Waals surface area contributed by atoms with Gasteiger partial charge in [0.1, 0.15) is 5.00 Å². The number of aromatic carboxylic acids is 1. The van der Waals surface area contributed by atoms with Crippen LogP contribution in [0.15, 0.2) is 29.6 Å². The maximum atomic E-state index is 11.9. The van der Waals surface area contributed by atoms with Gasteiger partial charge in [0.2, 0.25) is 0 Å². The summed E-state index contributed by atoms with van der Waals surface area (Å²) in [6.07, 6.45) is 3.29. The van der Waals surface area contributed by atoms with Gasteiger partial charge in [0.25, 0.3) is 0 Å². The van der Waals surface area contributed by atoms with E-state index in [9.17, 15) is 9.59 Å². The zero-order valence-corrected chi connectivity index (χ0v) is 12.0. The predicted octanol–water partition coefficient (Wildman–Crippen LogP) is 3.58. The van der Waals surface area contributed by atoms with Crippen molar-refractivity contribution in [2.24, 2.45) is 0 Å². The van der Waals surface area contributed by atoms with E-state index in [1.54, 1.807) is 5.38 Å². The first-order chi connectivity index (χ1) is 10.1. The van der Waals surface area contributed by atoms with Crippen molar-refractivity contribution in [2.75, 3.05) is 10.6 Å². The van der Waals surface area contributed by atoms with Gasteiger partial charge in [-0.2, -0.15) is 0 Å². The number of amides is 2. The molecule has 0 unspecified atom stereocenters. The Hall–Kier alpha value is -2.34. The first-order valence-electron chi connectivity index (χ1n) is 6.64. The van der Waals surface area contributed by atoms with Crippen molar-refractivity contribution < 1.29 is 14.7 Å². The van der Waals surface area contributed by atoms with Crippen LogP contribution < -0.4 is 10.6 Å². The molecule has 2 aromatic rings. The van der Waals surface area contributed by atoms with E-state index >= 15 is 0 Å². The van der Waals surface area contributed by atoms with Crippen LogP contribution in [-0.4, -0.2) is 17.1 Å². The molecular weight excluding hydrogens is 288 g/mol. The average Bonchev–Trinajstić information content (AvgIpc) is 3.06. The van der Waals surface area contributed by atoms with E-state index in [0.717, 1.165) is 24.9 Å². The molecule has 3 N–H and O–H groups in total. The molecule has 5 nitrogen and oxygen atoms in total. The largest absolute Gasteiger partial charge is 0.478 e. The number of rotatable bonds is 3. The Morgan fingerprint density at radius 3 is 2.71 bits per heavy atom. The summed E-state index contributed by atoms with van der Waals surface area (Å²) in [4.78, 5) is 22.9. The molecule has 1 heterocycles. The van der Waals surface area contributed by atoms with Crippen LogP contribution in [0.1, 0.15) is 27.9 Å². The van der Waals surface area contributed by atoms with Crippen LogP contribution in [0.5, 0.6) is 0 Å². The van der Waals surface area contributed by atoms with Gasteiger partial charge in [-0.15, -0.1) is 11.3 Å². The molecular formula is C15H14N2O3S. The predicted molar refractivity (Wildman–Crippen MR) is 82.4 cm³/mol. The van der Waals surface area contributed by atoms with E-state index < -0.39 is 12.0 Å². The van der Waals surface area contributed by atoms with Gasteiger partial charge in [0.15, 0.2) is 0 Å². The van der Waals surface area contributed by atoms with Crippen LogP contribution in [0.4, 0.5) is 15.5 Å². The molecule has 1 aromatic carbocycles. The fraction of sp³-hybridized carbons (Fsp3) is 0.200. The second-order valence-corrected chi connectivity index (χ2v) is 5.80. The summed E-state index contributed by atoms with van der Waals surface area (Å²) < 4.78 is 0. The minimum absolute atomic E-state index is 0.101. The minimum atomic E-state index is -1.05. The van der Waals surface area contributed by atoms with Crippen molar-refractivity contribution in [1.29, 1.82) is 0 Å². The molecule has 0 saturated heterocycles.